The fourth-order valence-corrected chi connectivity index (χ4v) is 2.03. The van der Waals surface area contributed by atoms with Crippen molar-refractivity contribution in [1.82, 2.24) is 14.8 Å². The number of carbonyl (C=O) groups is 2. The van der Waals surface area contributed by atoms with Gasteiger partial charge in [0.15, 0.2) is 0 Å². The standard InChI is InChI=1S/C13H17N3O3/c1-9-4-3-5-11(14-9)8-15(2)13(19)16-6-10(7-16)12(17)18/h3-5,10H,6-8H2,1-2H3,(H,17,18). The Morgan fingerprint density at radius 2 is 2.16 bits per heavy atom. The van der Waals surface area contributed by atoms with E-state index in [1.54, 1.807) is 11.9 Å². The molecule has 2 rings (SSSR count). The van der Waals surface area contributed by atoms with Crippen LogP contribution in [0.15, 0.2) is 18.2 Å². The lowest BCUT2D eigenvalue weighted by atomic mass is 10.0. The maximum absolute atomic E-state index is 12.0. The molecule has 0 aromatic carbocycles. The van der Waals surface area contributed by atoms with Crippen LogP contribution >= 0.6 is 0 Å². The lowest BCUT2D eigenvalue weighted by molar-refractivity contribution is -0.146. The van der Waals surface area contributed by atoms with Gasteiger partial charge in [0.05, 0.1) is 18.2 Å². The minimum Gasteiger partial charge on any atom is -0.481 e. The van der Waals surface area contributed by atoms with Gasteiger partial charge in [0.25, 0.3) is 0 Å². The third kappa shape index (κ3) is 3.01. The fraction of sp³-hybridized carbons (Fsp3) is 0.462. The molecular formula is C13H17N3O3. The molecule has 1 aromatic rings. The van der Waals surface area contributed by atoms with Gasteiger partial charge in [0, 0.05) is 25.8 Å². The first-order chi connectivity index (χ1) is 8.97. The monoisotopic (exact) mass is 263 g/mol. The number of urea groups is 1. The number of amides is 2. The average Bonchev–Trinajstić information content (AvgIpc) is 2.26. The van der Waals surface area contributed by atoms with Crippen LogP contribution in [0, 0.1) is 12.8 Å². The van der Waals surface area contributed by atoms with Crippen molar-refractivity contribution in [2.45, 2.75) is 13.5 Å². The van der Waals surface area contributed by atoms with Crippen molar-refractivity contribution in [1.29, 1.82) is 0 Å². The fourth-order valence-electron chi connectivity index (χ4n) is 2.03. The summed E-state index contributed by atoms with van der Waals surface area (Å²) in [5.74, 6) is -1.26. The summed E-state index contributed by atoms with van der Waals surface area (Å²) in [6.07, 6.45) is 0. The molecular weight excluding hydrogens is 246 g/mol. The summed E-state index contributed by atoms with van der Waals surface area (Å²) in [6.45, 7) is 2.91. The van der Waals surface area contributed by atoms with Gasteiger partial charge in [-0.15, -0.1) is 0 Å². The Balaban J connectivity index is 1.89. The van der Waals surface area contributed by atoms with Crippen molar-refractivity contribution in [3.05, 3.63) is 29.6 Å². The second kappa shape index (κ2) is 5.26. The van der Waals surface area contributed by atoms with Gasteiger partial charge < -0.3 is 14.9 Å². The number of nitrogens with zero attached hydrogens (tertiary/aromatic N) is 3. The summed E-state index contributed by atoms with van der Waals surface area (Å²) in [6, 6.07) is 5.52. The summed E-state index contributed by atoms with van der Waals surface area (Å²) in [5.41, 5.74) is 1.74. The number of carbonyl (C=O) groups excluding carboxylic acids is 1. The first-order valence-corrected chi connectivity index (χ1v) is 6.12. The summed E-state index contributed by atoms with van der Waals surface area (Å²) < 4.78 is 0. The Kier molecular flexibility index (Phi) is 3.69. The number of aromatic nitrogens is 1. The summed E-state index contributed by atoms with van der Waals surface area (Å²) in [5, 5.41) is 8.78. The van der Waals surface area contributed by atoms with Gasteiger partial charge in [-0.3, -0.25) is 9.78 Å². The number of carboxylic acids is 1. The van der Waals surface area contributed by atoms with Crippen LogP contribution in [-0.4, -0.2) is 52.0 Å². The Morgan fingerprint density at radius 1 is 1.47 bits per heavy atom. The molecule has 1 saturated heterocycles. The van der Waals surface area contributed by atoms with E-state index in [-0.39, 0.29) is 6.03 Å². The van der Waals surface area contributed by atoms with Crippen LogP contribution < -0.4 is 0 Å². The van der Waals surface area contributed by atoms with E-state index < -0.39 is 11.9 Å². The molecule has 0 aliphatic carbocycles. The van der Waals surface area contributed by atoms with E-state index in [1.165, 1.54) is 4.90 Å². The smallest absolute Gasteiger partial charge is 0.320 e. The first kappa shape index (κ1) is 13.3. The zero-order chi connectivity index (χ0) is 14.0. The molecule has 0 atom stereocenters. The quantitative estimate of drug-likeness (QED) is 0.881. The average molecular weight is 263 g/mol. The van der Waals surface area contributed by atoms with E-state index in [0.717, 1.165) is 11.4 Å². The zero-order valence-corrected chi connectivity index (χ0v) is 11.0. The number of likely N-dealkylation sites (tertiary alicyclic amines) is 1. The van der Waals surface area contributed by atoms with E-state index >= 15 is 0 Å². The maximum Gasteiger partial charge on any atom is 0.320 e. The van der Waals surface area contributed by atoms with Crippen molar-refractivity contribution in [3.8, 4) is 0 Å². The van der Waals surface area contributed by atoms with E-state index in [9.17, 15) is 9.59 Å². The highest BCUT2D eigenvalue weighted by Crippen LogP contribution is 2.17. The molecule has 0 spiro atoms. The van der Waals surface area contributed by atoms with Gasteiger partial charge in [-0.2, -0.15) is 0 Å². The SMILES string of the molecule is Cc1cccc(CN(C)C(=O)N2CC(C(=O)O)C2)n1. The minimum atomic E-state index is -0.841. The highest BCUT2D eigenvalue weighted by molar-refractivity contribution is 5.79. The van der Waals surface area contributed by atoms with Gasteiger partial charge in [-0.1, -0.05) is 6.07 Å². The number of hydrogen-bond donors (Lipinski definition) is 1. The number of pyridine rings is 1. The molecule has 1 N–H and O–H groups in total. The van der Waals surface area contributed by atoms with Crippen LogP contribution in [0.3, 0.4) is 0 Å². The number of aliphatic carboxylic acids is 1. The highest BCUT2D eigenvalue weighted by Gasteiger charge is 2.36. The first-order valence-electron chi connectivity index (χ1n) is 6.12. The normalized spacial score (nSPS) is 14.9. The van der Waals surface area contributed by atoms with E-state index in [1.807, 2.05) is 25.1 Å². The highest BCUT2D eigenvalue weighted by atomic mass is 16.4. The Hall–Kier alpha value is -2.11. The Morgan fingerprint density at radius 3 is 2.74 bits per heavy atom. The third-order valence-electron chi connectivity index (χ3n) is 3.17. The topological polar surface area (TPSA) is 73.7 Å². The Bertz CT molecular complexity index is 498. The molecule has 0 radical (unpaired) electrons. The van der Waals surface area contributed by atoms with Crippen LogP contribution in [0.1, 0.15) is 11.4 Å². The molecule has 0 bridgehead atoms. The number of carboxylic acid groups (broad SMARTS) is 1. The second-order valence-corrected chi connectivity index (χ2v) is 4.85. The van der Waals surface area contributed by atoms with E-state index in [2.05, 4.69) is 4.98 Å². The molecule has 1 aliphatic heterocycles. The van der Waals surface area contributed by atoms with Crippen molar-refractivity contribution >= 4 is 12.0 Å². The zero-order valence-electron chi connectivity index (χ0n) is 11.0. The number of aryl methyl sites for hydroxylation is 1. The van der Waals surface area contributed by atoms with Crippen LogP contribution in [0.2, 0.25) is 0 Å². The number of rotatable bonds is 3. The summed E-state index contributed by atoms with van der Waals surface area (Å²) in [7, 11) is 1.69. The van der Waals surface area contributed by atoms with E-state index in [4.69, 9.17) is 5.11 Å². The van der Waals surface area contributed by atoms with Gasteiger partial charge in [-0.05, 0) is 19.1 Å². The molecule has 2 amide bonds. The molecule has 0 unspecified atom stereocenters. The van der Waals surface area contributed by atoms with Crippen LogP contribution in [0.25, 0.3) is 0 Å². The van der Waals surface area contributed by atoms with Gasteiger partial charge in [0.1, 0.15) is 0 Å². The second-order valence-electron chi connectivity index (χ2n) is 4.85. The predicted molar refractivity (Wildman–Crippen MR) is 68.5 cm³/mol. The van der Waals surface area contributed by atoms with Gasteiger partial charge >= 0.3 is 12.0 Å². The molecule has 102 valence electrons. The largest absolute Gasteiger partial charge is 0.481 e. The van der Waals surface area contributed by atoms with Crippen molar-refractivity contribution in [2.24, 2.45) is 5.92 Å². The minimum absolute atomic E-state index is 0.152. The Labute approximate surface area is 111 Å². The van der Waals surface area contributed by atoms with E-state index in [0.29, 0.717) is 19.6 Å². The van der Waals surface area contributed by atoms with Crippen molar-refractivity contribution in [2.75, 3.05) is 20.1 Å². The van der Waals surface area contributed by atoms with Crippen LogP contribution in [-0.2, 0) is 11.3 Å². The molecule has 6 nitrogen and oxygen atoms in total. The van der Waals surface area contributed by atoms with Crippen LogP contribution in [0.5, 0.6) is 0 Å². The lowest BCUT2D eigenvalue weighted by Gasteiger charge is -2.38. The molecule has 0 saturated carbocycles. The molecule has 1 aliphatic rings. The molecule has 6 heteroatoms. The third-order valence-corrected chi connectivity index (χ3v) is 3.17. The lowest BCUT2D eigenvalue weighted by Crippen LogP contribution is -2.56. The molecule has 2 heterocycles. The van der Waals surface area contributed by atoms with Crippen LogP contribution in [0.4, 0.5) is 4.79 Å². The molecule has 1 fully saturated rings. The van der Waals surface area contributed by atoms with Crippen molar-refractivity contribution < 1.29 is 14.7 Å². The van der Waals surface area contributed by atoms with Gasteiger partial charge in [0.2, 0.25) is 0 Å². The van der Waals surface area contributed by atoms with Gasteiger partial charge in [-0.25, -0.2) is 4.79 Å². The summed E-state index contributed by atoms with van der Waals surface area (Å²) in [4.78, 5) is 30.1. The molecule has 1 aromatic heterocycles. The summed E-state index contributed by atoms with van der Waals surface area (Å²) >= 11 is 0. The van der Waals surface area contributed by atoms with Crippen molar-refractivity contribution in [3.63, 3.8) is 0 Å². The maximum atomic E-state index is 12.0. The predicted octanol–water partition coefficient (Wildman–Crippen LogP) is 0.958. The number of hydrogen-bond acceptors (Lipinski definition) is 3. The molecule has 19 heavy (non-hydrogen) atoms.